The van der Waals surface area contributed by atoms with E-state index in [1.54, 1.807) is 12.3 Å². The van der Waals surface area contributed by atoms with Crippen molar-refractivity contribution in [2.45, 2.75) is 6.42 Å². The molecule has 3 nitrogen and oxygen atoms in total. The summed E-state index contributed by atoms with van der Waals surface area (Å²) in [6.07, 6.45) is 5.31. The van der Waals surface area contributed by atoms with E-state index in [-0.39, 0.29) is 0 Å². The molecule has 0 amide bonds. The number of nitrogens with zero attached hydrogens (tertiary/aromatic N) is 2. The average Bonchev–Trinajstić information content (AvgIpc) is 2.18. The Balaban J connectivity index is 2.80. The number of aromatic nitrogens is 2. The quantitative estimate of drug-likeness (QED) is 0.468. The van der Waals surface area contributed by atoms with Gasteiger partial charge in [-0.2, -0.15) is 4.73 Å². The van der Waals surface area contributed by atoms with Gasteiger partial charge in [0, 0.05) is 6.42 Å². The van der Waals surface area contributed by atoms with Gasteiger partial charge in [-0.25, -0.2) is 4.98 Å². The summed E-state index contributed by atoms with van der Waals surface area (Å²) in [5.74, 6) is 0. The molecule has 0 bridgehead atoms. The molecule has 0 aliphatic carbocycles. The first-order valence-electron chi connectivity index (χ1n) is 2.66. The lowest BCUT2D eigenvalue weighted by atomic mass is 10.3. The first kappa shape index (κ1) is 5.88. The Morgan fingerprint density at radius 1 is 1.89 bits per heavy atom. The van der Waals surface area contributed by atoms with Crippen molar-refractivity contribution in [3.63, 3.8) is 0 Å². The monoisotopic (exact) mass is 124 g/mol. The third-order valence-corrected chi connectivity index (χ3v) is 1.05. The standard InChI is InChI=1S/C6H8N2O/c1-2-3-6-4-7-5-8(6)9/h2,4-5,9H,1,3H2. The zero-order chi connectivity index (χ0) is 6.69. The SMILES string of the molecule is C=CCc1cncn1O. The van der Waals surface area contributed by atoms with Gasteiger partial charge in [-0.05, 0) is 0 Å². The van der Waals surface area contributed by atoms with E-state index in [2.05, 4.69) is 11.6 Å². The van der Waals surface area contributed by atoms with E-state index in [9.17, 15) is 0 Å². The van der Waals surface area contributed by atoms with Gasteiger partial charge in [0.1, 0.15) is 6.33 Å². The van der Waals surface area contributed by atoms with E-state index in [1.165, 1.54) is 6.33 Å². The highest BCUT2D eigenvalue weighted by Crippen LogP contribution is 1.95. The number of imidazole rings is 1. The second-order valence-corrected chi connectivity index (χ2v) is 1.72. The number of rotatable bonds is 2. The first-order valence-corrected chi connectivity index (χ1v) is 2.66. The smallest absolute Gasteiger partial charge is 0.131 e. The fourth-order valence-corrected chi connectivity index (χ4v) is 0.610. The van der Waals surface area contributed by atoms with Gasteiger partial charge in [-0.3, -0.25) is 0 Å². The lowest BCUT2D eigenvalue weighted by Crippen LogP contribution is -1.93. The van der Waals surface area contributed by atoms with E-state index in [1.807, 2.05) is 0 Å². The molecule has 0 radical (unpaired) electrons. The van der Waals surface area contributed by atoms with Crippen molar-refractivity contribution >= 4 is 0 Å². The van der Waals surface area contributed by atoms with E-state index >= 15 is 0 Å². The molecule has 0 spiro atoms. The molecule has 0 unspecified atom stereocenters. The summed E-state index contributed by atoms with van der Waals surface area (Å²) in [7, 11) is 0. The van der Waals surface area contributed by atoms with Crippen molar-refractivity contribution in [3.05, 3.63) is 30.9 Å². The summed E-state index contributed by atoms with van der Waals surface area (Å²) in [5, 5.41) is 8.89. The van der Waals surface area contributed by atoms with Crippen LogP contribution in [-0.4, -0.2) is 14.9 Å². The Bertz CT molecular complexity index is 205. The molecule has 0 saturated carbocycles. The predicted molar refractivity (Wildman–Crippen MR) is 33.3 cm³/mol. The summed E-state index contributed by atoms with van der Waals surface area (Å²) in [5.41, 5.74) is 0.755. The van der Waals surface area contributed by atoms with E-state index in [4.69, 9.17) is 5.21 Å². The molecular weight excluding hydrogens is 116 g/mol. The van der Waals surface area contributed by atoms with Crippen molar-refractivity contribution in [3.8, 4) is 0 Å². The lowest BCUT2D eigenvalue weighted by molar-refractivity contribution is 0.178. The minimum absolute atomic E-state index is 0.649. The Hall–Kier alpha value is -1.25. The Kier molecular flexibility index (Phi) is 1.53. The van der Waals surface area contributed by atoms with Gasteiger partial charge in [0.15, 0.2) is 0 Å². The second kappa shape index (κ2) is 2.35. The van der Waals surface area contributed by atoms with Gasteiger partial charge in [0.05, 0.1) is 11.9 Å². The van der Waals surface area contributed by atoms with Crippen molar-refractivity contribution < 1.29 is 5.21 Å². The number of hydrogen-bond donors (Lipinski definition) is 1. The average molecular weight is 124 g/mol. The third kappa shape index (κ3) is 1.10. The highest BCUT2D eigenvalue weighted by Gasteiger charge is 1.94. The molecule has 1 heterocycles. The summed E-state index contributed by atoms with van der Waals surface area (Å²) >= 11 is 0. The van der Waals surface area contributed by atoms with Gasteiger partial charge >= 0.3 is 0 Å². The topological polar surface area (TPSA) is 38.0 Å². The van der Waals surface area contributed by atoms with Gasteiger partial charge in [0.25, 0.3) is 0 Å². The van der Waals surface area contributed by atoms with E-state index in [0.717, 1.165) is 10.4 Å². The van der Waals surface area contributed by atoms with Crippen molar-refractivity contribution in [2.24, 2.45) is 0 Å². The van der Waals surface area contributed by atoms with Crippen LogP contribution in [0.15, 0.2) is 25.2 Å². The highest BCUT2D eigenvalue weighted by atomic mass is 16.5. The molecule has 0 saturated heterocycles. The third-order valence-electron chi connectivity index (χ3n) is 1.05. The van der Waals surface area contributed by atoms with Crippen molar-refractivity contribution in [1.29, 1.82) is 0 Å². The molecule has 0 aliphatic heterocycles. The maximum absolute atomic E-state index is 8.89. The minimum Gasteiger partial charge on any atom is -0.427 e. The molecule has 48 valence electrons. The summed E-state index contributed by atoms with van der Waals surface area (Å²) in [4.78, 5) is 3.71. The highest BCUT2D eigenvalue weighted by molar-refractivity contribution is 5.00. The van der Waals surface area contributed by atoms with Crippen LogP contribution >= 0.6 is 0 Å². The Morgan fingerprint density at radius 2 is 2.67 bits per heavy atom. The van der Waals surface area contributed by atoms with Gasteiger partial charge in [0.2, 0.25) is 0 Å². The molecule has 0 aliphatic rings. The molecule has 3 heteroatoms. The molecule has 9 heavy (non-hydrogen) atoms. The predicted octanol–water partition coefficient (Wildman–Crippen LogP) is 0.849. The minimum atomic E-state index is 0.649. The van der Waals surface area contributed by atoms with Crippen LogP contribution in [-0.2, 0) is 6.42 Å². The van der Waals surface area contributed by atoms with Crippen LogP contribution in [0.2, 0.25) is 0 Å². The van der Waals surface area contributed by atoms with Crippen LogP contribution in [0.1, 0.15) is 5.69 Å². The van der Waals surface area contributed by atoms with Crippen LogP contribution in [0.4, 0.5) is 0 Å². The van der Waals surface area contributed by atoms with Gasteiger partial charge < -0.3 is 5.21 Å². The molecule has 0 atom stereocenters. The second-order valence-electron chi connectivity index (χ2n) is 1.72. The zero-order valence-electron chi connectivity index (χ0n) is 4.99. The van der Waals surface area contributed by atoms with Crippen LogP contribution in [0, 0.1) is 0 Å². The number of allylic oxidation sites excluding steroid dienone is 1. The summed E-state index contributed by atoms with van der Waals surface area (Å²) in [6.45, 7) is 3.52. The maximum atomic E-state index is 8.89. The zero-order valence-corrected chi connectivity index (χ0v) is 4.99. The molecule has 1 N–H and O–H groups in total. The van der Waals surface area contributed by atoms with Crippen molar-refractivity contribution in [2.75, 3.05) is 0 Å². The first-order chi connectivity index (χ1) is 4.34. The van der Waals surface area contributed by atoms with Crippen molar-refractivity contribution in [1.82, 2.24) is 9.71 Å². The van der Waals surface area contributed by atoms with Crippen LogP contribution < -0.4 is 0 Å². The lowest BCUT2D eigenvalue weighted by Gasteiger charge is -1.92. The summed E-state index contributed by atoms with van der Waals surface area (Å²) in [6, 6.07) is 0. The Labute approximate surface area is 53.2 Å². The van der Waals surface area contributed by atoms with Crippen LogP contribution in [0.3, 0.4) is 0 Å². The molecule has 1 aromatic heterocycles. The van der Waals surface area contributed by atoms with E-state index in [0.29, 0.717) is 6.42 Å². The van der Waals surface area contributed by atoms with Gasteiger partial charge in [-0.1, -0.05) is 6.08 Å². The molecule has 0 fully saturated rings. The molecule has 0 aromatic carbocycles. The van der Waals surface area contributed by atoms with Crippen LogP contribution in [0.25, 0.3) is 0 Å². The van der Waals surface area contributed by atoms with Crippen LogP contribution in [0.5, 0.6) is 0 Å². The fraction of sp³-hybridized carbons (Fsp3) is 0.167. The fourth-order valence-electron chi connectivity index (χ4n) is 0.610. The van der Waals surface area contributed by atoms with E-state index < -0.39 is 0 Å². The molecular formula is C6H8N2O. The summed E-state index contributed by atoms with van der Waals surface area (Å²) < 4.78 is 0.988. The normalized spacial score (nSPS) is 9.33. The molecule has 1 rings (SSSR count). The molecule has 1 aromatic rings. The Morgan fingerprint density at radius 3 is 3.11 bits per heavy atom. The number of hydrogen-bond acceptors (Lipinski definition) is 2. The van der Waals surface area contributed by atoms with Gasteiger partial charge in [-0.15, -0.1) is 6.58 Å². The maximum Gasteiger partial charge on any atom is 0.131 e. The largest absolute Gasteiger partial charge is 0.427 e.